The molecule has 1 aliphatic heterocycles. The average molecular weight is 319 g/mol. The molecule has 2 atom stereocenters. The SMILES string of the molecule is CC(NC(=O)CC1CNCCO1)c1cccc(Cl)c1.Cl. The monoisotopic (exact) mass is 318 g/mol. The van der Waals surface area contributed by atoms with E-state index in [1.54, 1.807) is 0 Å². The standard InChI is InChI=1S/C14H19ClN2O2.ClH/c1-10(11-3-2-4-12(15)7-11)17-14(18)8-13-9-16-5-6-19-13;/h2-4,7,10,13,16H,5-6,8-9H2,1H3,(H,17,18);1H. The summed E-state index contributed by atoms with van der Waals surface area (Å²) in [7, 11) is 0. The minimum absolute atomic E-state index is 0. The minimum Gasteiger partial charge on any atom is -0.375 e. The van der Waals surface area contributed by atoms with Crippen molar-refractivity contribution < 1.29 is 9.53 Å². The van der Waals surface area contributed by atoms with Crippen molar-refractivity contribution in [3.63, 3.8) is 0 Å². The number of halogens is 2. The molecule has 2 unspecified atom stereocenters. The molecule has 6 heteroatoms. The van der Waals surface area contributed by atoms with E-state index in [2.05, 4.69) is 10.6 Å². The van der Waals surface area contributed by atoms with Crippen molar-refractivity contribution in [3.8, 4) is 0 Å². The Hall–Kier alpha value is -0.810. The highest BCUT2D eigenvalue weighted by Crippen LogP contribution is 2.17. The van der Waals surface area contributed by atoms with Crippen molar-refractivity contribution in [1.82, 2.24) is 10.6 Å². The van der Waals surface area contributed by atoms with Crippen LogP contribution in [0.25, 0.3) is 0 Å². The number of morpholine rings is 1. The van der Waals surface area contributed by atoms with Gasteiger partial charge in [0.2, 0.25) is 5.91 Å². The molecule has 2 rings (SSSR count). The largest absolute Gasteiger partial charge is 0.375 e. The number of rotatable bonds is 4. The van der Waals surface area contributed by atoms with Crippen molar-refractivity contribution in [2.24, 2.45) is 0 Å². The fraction of sp³-hybridized carbons (Fsp3) is 0.500. The molecule has 1 saturated heterocycles. The number of amides is 1. The predicted octanol–water partition coefficient (Wildman–Crippen LogP) is 2.32. The zero-order chi connectivity index (χ0) is 13.7. The van der Waals surface area contributed by atoms with Gasteiger partial charge in [-0.15, -0.1) is 12.4 Å². The molecule has 0 radical (unpaired) electrons. The summed E-state index contributed by atoms with van der Waals surface area (Å²) < 4.78 is 5.51. The van der Waals surface area contributed by atoms with Gasteiger partial charge < -0.3 is 15.4 Å². The maximum atomic E-state index is 11.9. The third-order valence-electron chi connectivity index (χ3n) is 3.14. The second-order valence-corrected chi connectivity index (χ2v) is 5.18. The van der Waals surface area contributed by atoms with Crippen molar-refractivity contribution in [1.29, 1.82) is 0 Å². The first-order valence-corrected chi connectivity index (χ1v) is 6.90. The lowest BCUT2D eigenvalue weighted by Gasteiger charge is -2.24. The molecule has 2 N–H and O–H groups in total. The van der Waals surface area contributed by atoms with Crippen LogP contribution in [-0.2, 0) is 9.53 Å². The second kappa shape index (κ2) is 8.47. The van der Waals surface area contributed by atoms with Gasteiger partial charge in [0.15, 0.2) is 0 Å². The molecule has 0 spiro atoms. The van der Waals surface area contributed by atoms with Crippen molar-refractivity contribution >= 4 is 29.9 Å². The van der Waals surface area contributed by atoms with Gasteiger partial charge in [0, 0.05) is 18.1 Å². The van der Waals surface area contributed by atoms with Crippen LogP contribution in [0.1, 0.15) is 24.9 Å². The fourth-order valence-electron chi connectivity index (χ4n) is 2.12. The maximum Gasteiger partial charge on any atom is 0.223 e. The fourth-order valence-corrected chi connectivity index (χ4v) is 2.32. The smallest absolute Gasteiger partial charge is 0.223 e. The molecule has 1 aromatic rings. The molecular formula is C14H20Cl2N2O2. The van der Waals surface area contributed by atoms with Crippen LogP contribution in [0.3, 0.4) is 0 Å². The summed E-state index contributed by atoms with van der Waals surface area (Å²) in [6.07, 6.45) is 0.359. The molecule has 1 aliphatic rings. The highest BCUT2D eigenvalue weighted by molar-refractivity contribution is 6.30. The maximum absolute atomic E-state index is 11.9. The van der Waals surface area contributed by atoms with Crippen LogP contribution in [0.15, 0.2) is 24.3 Å². The lowest BCUT2D eigenvalue weighted by atomic mass is 10.1. The van der Waals surface area contributed by atoms with Crippen molar-refractivity contribution in [3.05, 3.63) is 34.9 Å². The summed E-state index contributed by atoms with van der Waals surface area (Å²) in [6.45, 7) is 4.21. The molecule has 4 nitrogen and oxygen atoms in total. The molecule has 0 aromatic heterocycles. The van der Waals surface area contributed by atoms with Crippen LogP contribution in [0, 0.1) is 0 Å². The van der Waals surface area contributed by atoms with E-state index in [0.29, 0.717) is 18.1 Å². The van der Waals surface area contributed by atoms with Crippen LogP contribution < -0.4 is 10.6 Å². The summed E-state index contributed by atoms with van der Waals surface area (Å²) in [5.74, 6) is 0.00109. The summed E-state index contributed by atoms with van der Waals surface area (Å²) in [5, 5.41) is 6.85. The van der Waals surface area contributed by atoms with E-state index >= 15 is 0 Å². The van der Waals surface area contributed by atoms with E-state index in [-0.39, 0.29) is 30.5 Å². The summed E-state index contributed by atoms with van der Waals surface area (Å²) in [4.78, 5) is 11.9. The number of carbonyl (C=O) groups excluding carboxylic acids is 1. The topological polar surface area (TPSA) is 50.4 Å². The van der Waals surface area contributed by atoms with E-state index in [0.717, 1.165) is 18.7 Å². The predicted molar refractivity (Wildman–Crippen MR) is 82.5 cm³/mol. The van der Waals surface area contributed by atoms with E-state index < -0.39 is 0 Å². The molecule has 1 fully saturated rings. The molecule has 0 bridgehead atoms. The summed E-state index contributed by atoms with van der Waals surface area (Å²) in [6, 6.07) is 7.47. The van der Waals surface area contributed by atoms with E-state index in [1.807, 2.05) is 31.2 Å². The van der Waals surface area contributed by atoms with Crippen LogP contribution in [0.5, 0.6) is 0 Å². The Morgan fingerprint density at radius 3 is 3.05 bits per heavy atom. The summed E-state index contributed by atoms with van der Waals surface area (Å²) in [5.41, 5.74) is 1.00. The summed E-state index contributed by atoms with van der Waals surface area (Å²) >= 11 is 5.94. The lowest BCUT2D eigenvalue weighted by molar-refractivity contribution is -0.125. The van der Waals surface area contributed by atoms with Crippen LogP contribution >= 0.6 is 24.0 Å². The first-order chi connectivity index (χ1) is 9.15. The Morgan fingerprint density at radius 1 is 1.60 bits per heavy atom. The number of nitrogens with one attached hydrogen (secondary N) is 2. The van der Waals surface area contributed by atoms with Gasteiger partial charge in [-0.05, 0) is 24.6 Å². The third kappa shape index (κ3) is 5.29. The normalized spacial score (nSPS) is 19.8. The van der Waals surface area contributed by atoms with Gasteiger partial charge in [0.1, 0.15) is 0 Å². The Labute approximate surface area is 130 Å². The Bertz CT molecular complexity index is 437. The number of hydrogen-bond acceptors (Lipinski definition) is 3. The first kappa shape index (κ1) is 17.2. The van der Waals surface area contributed by atoms with E-state index in [9.17, 15) is 4.79 Å². The third-order valence-corrected chi connectivity index (χ3v) is 3.38. The van der Waals surface area contributed by atoms with Crippen LogP contribution in [-0.4, -0.2) is 31.7 Å². The van der Waals surface area contributed by atoms with Gasteiger partial charge in [-0.25, -0.2) is 0 Å². The molecule has 1 amide bonds. The molecule has 1 heterocycles. The molecular weight excluding hydrogens is 299 g/mol. The van der Waals surface area contributed by atoms with Crippen LogP contribution in [0.2, 0.25) is 5.02 Å². The lowest BCUT2D eigenvalue weighted by Crippen LogP contribution is -2.41. The molecule has 0 aliphatic carbocycles. The van der Waals surface area contributed by atoms with Gasteiger partial charge in [0.25, 0.3) is 0 Å². The average Bonchev–Trinajstić information content (AvgIpc) is 2.39. The van der Waals surface area contributed by atoms with Crippen molar-refractivity contribution in [2.75, 3.05) is 19.7 Å². The Kier molecular flexibility index (Phi) is 7.30. The number of benzene rings is 1. The molecule has 20 heavy (non-hydrogen) atoms. The van der Waals surface area contributed by atoms with E-state index in [1.165, 1.54) is 0 Å². The Balaban J connectivity index is 0.00000200. The zero-order valence-corrected chi connectivity index (χ0v) is 13.0. The van der Waals surface area contributed by atoms with E-state index in [4.69, 9.17) is 16.3 Å². The van der Waals surface area contributed by atoms with Gasteiger partial charge in [-0.2, -0.15) is 0 Å². The highest BCUT2D eigenvalue weighted by atomic mass is 35.5. The first-order valence-electron chi connectivity index (χ1n) is 6.52. The van der Waals surface area contributed by atoms with Gasteiger partial charge in [0.05, 0.1) is 25.2 Å². The van der Waals surface area contributed by atoms with Gasteiger partial charge >= 0.3 is 0 Å². The van der Waals surface area contributed by atoms with Crippen molar-refractivity contribution in [2.45, 2.75) is 25.5 Å². The molecule has 1 aromatic carbocycles. The number of hydrogen-bond donors (Lipinski definition) is 2. The molecule has 0 saturated carbocycles. The van der Waals surface area contributed by atoms with Gasteiger partial charge in [-0.3, -0.25) is 4.79 Å². The second-order valence-electron chi connectivity index (χ2n) is 4.75. The zero-order valence-electron chi connectivity index (χ0n) is 11.4. The highest BCUT2D eigenvalue weighted by Gasteiger charge is 2.18. The Morgan fingerprint density at radius 2 is 2.40 bits per heavy atom. The quantitative estimate of drug-likeness (QED) is 0.895. The number of ether oxygens (including phenoxy) is 1. The minimum atomic E-state index is -0.0530. The molecule has 112 valence electrons. The van der Waals surface area contributed by atoms with Crippen LogP contribution in [0.4, 0.5) is 0 Å². The van der Waals surface area contributed by atoms with Gasteiger partial charge in [-0.1, -0.05) is 23.7 Å². The number of carbonyl (C=O) groups is 1.